The third kappa shape index (κ3) is 6.86. The molecular weight excluding hydrogens is 520 g/mol. The van der Waals surface area contributed by atoms with E-state index in [0.717, 1.165) is 28.1 Å². The lowest BCUT2D eigenvalue weighted by molar-refractivity contribution is -0.141. The third-order valence-corrected chi connectivity index (χ3v) is 8.54. The van der Waals surface area contributed by atoms with Crippen LogP contribution < -0.4 is 10.6 Å². The summed E-state index contributed by atoms with van der Waals surface area (Å²) in [4.78, 5) is 47.0. The number of thiophene rings is 1. The highest BCUT2D eigenvalue weighted by Crippen LogP contribution is 2.28. The van der Waals surface area contributed by atoms with Crippen LogP contribution in [-0.2, 0) is 20.9 Å². The van der Waals surface area contributed by atoms with E-state index in [4.69, 9.17) is 0 Å². The van der Waals surface area contributed by atoms with Gasteiger partial charge in [-0.05, 0) is 41.8 Å². The molecule has 1 aromatic carbocycles. The zero-order valence-electron chi connectivity index (χ0n) is 21.8. The van der Waals surface area contributed by atoms with E-state index in [-0.39, 0.29) is 30.7 Å². The van der Waals surface area contributed by atoms with Gasteiger partial charge in [0.2, 0.25) is 11.8 Å². The smallest absolute Gasteiger partial charge is 0.251 e. The number of aliphatic hydroxyl groups is 1. The van der Waals surface area contributed by atoms with Crippen LogP contribution in [0, 0.1) is 12.8 Å². The Kier molecular flexibility index (Phi) is 9.30. The zero-order chi connectivity index (χ0) is 27.2. The van der Waals surface area contributed by atoms with Crippen molar-refractivity contribution < 1.29 is 19.5 Å². The van der Waals surface area contributed by atoms with Gasteiger partial charge >= 0.3 is 0 Å². The number of carbonyl (C=O) groups excluding carboxylic acids is 3. The Bertz CT molecular complexity index is 1240. The molecule has 202 valence electrons. The molecule has 1 fully saturated rings. The number of rotatable bonds is 10. The molecule has 3 atom stereocenters. The monoisotopic (exact) mass is 554 g/mol. The lowest BCUT2D eigenvalue weighted by Gasteiger charge is -2.28. The van der Waals surface area contributed by atoms with E-state index in [9.17, 15) is 19.5 Å². The molecular formula is C28H34N4O4S2. The zero-order valence-corrected chi connectivity index (χ0v) is 23.5. The number of aromatic nitrogens is 1. The molecule has 4 rings (SSSR count). The average Bonchev–Trinajstić information content (AvgIpc) is 3.66. The predicted octanol–water partition coefficient (Wildman–Crippen LogP) is 4.05. The number of β-amino-alcohol motifs (C(OH)–C–C–N with tert-alkyl or cyclic N) is 1. The van der Waals surface area contributed by atoms with Crippen molar-refractivity contribution in [3.05, 3.63) is 63.4 Å². The minimum Gasteiger partial charge on any atom is -0.391 e. The van der Waals surface area contributed by atoms with E-state index in [1.807, 2.05) is 62.0 Å². The van der Waals surface area contributed by atoms with Crippen molar-refractivity contribution in [1.29, 1.82) is 0 Å². The minimum absolute atomic E-state index is 0.0452. The van der Waals surface area contributed by atoms with Crippen LogP contribution in [0.15, 0.2) is 47.3 Å². The molecule has 0 aliphatic carbocycles. The molecule has 1 aliphatic rings. The molecule has 1 aliphatic heterocycles. The molecule has 2 aromatic heterocycles. The standard InChI is InChI=1S/C28H34N4O4S2/c1-17(2)6-11-24(34)31-25(23-5-4-12-37-23)28(36)32-15-21(33)13-22(32)27(35)29-14-19-7-9-20(10-8-19)26-18(3)30-16-38-26/h4-5,7-10,12,16-17,21-22,25,33H,6,11,13-15H2,1-3H3,(H,29,35)(H,31,34)/t21-,22+,25+/m1/s1. The summed E-state index contributed by atoms with van der Waals surface area (Å²) in [5.74, 6) is -0.547. The second kappa shape index (κ2) is 12.6. The summed E-state index contributed by atoms with van der Waals surface area (Å²) in [5, 5.41) is 18.0. The van der Waals surface area contributed by atoms with Gasteiger partial charge in [0.05, 0.1) is 22.2 Å². The average molecular weight is 555 g/mol. The van der Waals surface area contributed by atoms with Gasteiger partial charge in [0.25, 0.3) is 5.91 Å². The number of likely N-dealkylation sites (tertiary alicyclic amines) is 1. The van der Waals surface area contributed by atoms with Crippen LogP contribution in [0.3, 0.4) is 0 Å². The first-order chi connectivity index (χ1) is 18.2. The number of benzene rings is 1. The van der Waals surface area contributed by atoms with Crippen molar-refractivity contribution in [2.75, 3.05) is 6.54 Å². The second-order valence-electron chi connectivity index (χ2n) is 10.0. The van der Waals surface area contributed by atoms with Crippen LogP contribution in [0.25, 0.3) is 10.4 Å². The highest BCUT2D eigenvalue weighted by Gasteiger charge is 2.42. The lowest BCUT2D eigenvalue weighted by atomic mass is 10.1. The maximum Gasteiger partial charge on any atom is 0.251 e. The Morgan fingerprint density at radius 2 is 1.92 bits per heavy atom. The van der Waals surface area contributed by atoms with E-state index in [1.165, 1.54) is 16.2 Å². The van der Waals surface area contributed by atoms with E-state index in [2.05, 4.69) is 15.6 Å². The number of hydrogen-bond acceptors (Lipinski definition) is 7. The van der Waals surface area contributed by atoms with Crippen molar-refractivity contribution >= 4 is 40.4 Å². The van der Waals surface area contributed by atoms with Crippen LogP contribution in [-0.4, -0.2) is 51.4 Å². The molecule has 0 saturated carbocycles. The fourth-order valence-corrected chi connectivity index (χ4v) is 6.07. The number of thiazole rings is 1. The molecule has 0 unspecified atom stereocenters. The van der Waals surface area contributed by atoms with Crippen molar-refractivity contribution in [3.63, 3.8) is 0 Å². The summed E-state index contributed by atoms with van der Waals surface area (Å²) >= 11 is 2.96. The molecule has 10 heteroatoms. The number of nitrogens with zero attached hydrogens (tertiary/aromatic N) is 2. The van der Waals surface area contributed by atoms with Gasteiger partial charge in [0.1, 0.15) is 12.1 Å². The van der Waals surface area contributed by atoms with E-state index in [1.54, 1.807) is 17.4 Å². The van der Waals surface area contributed by atoms with Crippen molar-refractivity contribution in [1.82, 2.24) is 20.5 Å². The molecule has 8 nitrogen and oxygen atoms in total. The minimum atomic E-state index is -0.891. The van der Waals surface area contributed by atoms with Gasteiger partial charge in [-0.1, -0.05) is 44.2 Å². The Morgan fingerprint density at radius 1 is 1.16 bits per heavy atom. The summed E-state index contributed by atoms with van der Waals surface area (Å²) in [6.07, 6.45) is 0.382. The Balaban J connectivity index is 1.42. The fourth-order valence-electron chi connectivity index (χ4n) is 4.49. The molecule has 0 radical (unpaired) electrons. The number of carbonyl (C=O) groups is 3. The highest BCUT2D eigenvalue weighted by molar-refractivity contribution is 7.13. The van der Waals surface area contributed by atoms with Crippen LogP contribution >= 0.6 is 22.7 Å². The second-order valence-corrected chi connectivity index (χ2v) is 11.9. The van der Waals surface area contributed by atoms with Gasteiger partial charge in [0, 0.05) is 30.8 Å². The Morgan fingerprint density at radius 3 is 2.55 bits per heavy atom. The van der Waals surface area contributed by atoms with Gasteiger partial charge in [-0.3, -0.25) is 14.4 Å². The number of aliphatic hydroxyl groups excluding tert-OH is 1. The summed E-state index contributed by atoms with van der Waals surface area (Å²) in [5.41, 5.74) is 4.81. The Hall–Kier alpha value is -3.08. The van der Waals surface area contributed by atoms with Gasteiger partial charge in [0.15, 0.2) is 0 Å². The maximum absolute atomic E-state index is 13.7. The topological polar surface area (TPSA) is 112 Å². The number of aryl methyl sites for hydroxylation is 1. The number of hydrogen-bond donors (Lipinski definition) is 3. The first-order valence-electron chi connectivity index (χ1n) is 12.8. The summed E-state index contributed by atoms with van der Waals surface area (Å²) in [7, 11) is 0. The normalized spacial score (nSPS) is 18.0. The van der Waals surface area contributed by atoms with Crippen molar-refractivity contribution in [2.45, 2.75) is 64.8 Å². The summed E-state index contributed by atoms with van der Waals surface area (Å²) < 4.78 is 0. The molecule has 0 spiro atoms. The van der Waals surface area contributed by atoms with Crippen LogP contribution in [0.4, 0.5) is 0 Å². The molecule has 3 aromatic rings. The van der Waals surface area contributed by atoms with Crippen molar-refractivity contribution in [2.24, 2.45) is 5.92 Å². The van der Waals surface area contributed by atoms with E-state index in [0.29, 0.717) is 23.8 Å². The summed E-state index contributed by atoms with van der Waals surface area (Å²) in [6, 6.07) is 9.85. The first-order valence-corrected chi connectivity index (χ1v) is 14.6. The molecule has 3 amide bonds. The van der Waals surface area contributed by atoms with Gasteiger partial charge in [-0.2, -0.15) is 0 Å². The highest BCUT2D eigenvalue weighted by atomic mass is 32.1. The molecule has 3 heterocycles. The molecule has 3 N–H and O–H groups in total. The van der Waals surface area contributed by atoms with Gasteiger partial charge in [-0.25, -0.2) is 4.98 Å². The first kappa shape index (κ1) is 27.9. The van der Waals surface area contributed by atoms with Crippen LogP contribution in [0.1, 0.15) is 55.3 Å². The number of nitrogens with one attached hydrogen (secondary N) is 2. The summed E-state index contributed by atoms with van der Waals surface area (Å²) in [6.45, 7) is 6.41. The molecule has 38 heavy (non-hydrogen) atoms. The maximum atomic E-state index is 13.7. The largest absolute Gasteiger partial charge is 0.391 e. The van der Waals surface area contributed by atoms with Gasteiger partial charge in [-0.15, -0.1) is 22.7 Å². The SMILES string of the molecule is Cc1ncsc1-c1ccc(CNC(=O)[C@@H]2C[C@@H](O)CN2C(=O)[C@@H](NC(=O)CCC(C)C)c2cccs2)cc1. The van der Waals surface area contributed by atoms with Crippen molar-refractivity contribution in [3.8, 4) is 10.4 Å². The lowest BCUT2D eigenvalue weighted by Crippen LogP contribution is -2.50. The van der Waals surface area contributed by atoms with Crippen LogP contribution in [0.5, 0.6) is 0 Å². The Labute approximate surface area is 231 Å². The number of amides is 3. The molecule has 1 saturated heterocycles. The van der Waals surface area contributed by atoms with Gasteiger partial charge < -0.3 is 20.6 Å². The van der Waals surface area contributed by atoms with E-state index < -0.39 is 18.2 Å². The fraction of sp³-hybridized carbons (Fsp3) is 0.429. The molecule has 0 bridgehead atoms. The van der Waals surface area contributed by atoms with E-state index >= 15 is 0 Å². The van der Waals surface area contributed by atoms with Crippen LogP contribution in [0.2, 0.25) is 0 Å². The quantitative estimate of drug-likeness (QED) is 0.350. The predicted molar refractivity (Wildman–Crippen MR) is 150 cm³/mol. The third-order valence-electron chi connectivity index (χ3n) is 6.62.